The second-order valence-electron chi connectivity index (χ2n) is 9.47. The highest BCUT2D eigenvalue weighted by molar-refractivity contribution is 9.10. The van der Waals surface area contributed by atoms with E-state index in [1.165, 1.54) is 36.4 Å². The number of fused-ring (bicyclic) bond motifs is 5. The van der Waals surface area contributed by atoms with Crippen molar-refractivity contribution in [2.45, 2.75) is 36.1 Å². The third-order valence-electron chi connectivity index (χ3n) is 7.00. The fourth-order valence-corrected chi connectivity index (χ4v) is 5.86. The molecule has 0 aliphatic carbocycles. The molecule has 3 aliphatic rings. The van der Waals surface area contributed by atoms with Crippen LogP contribution in [0.15, 0.2) is 71.3 Å². The van der Waals surface area contributed by atoms with Crippen LogP contribution in [0.3, 0.4) is 0 Å². The fourth-order valence-electron chi connectivity index (χ4n) is 5.42. The number of amides is 1. The normalized spacial score (nSPS) is 26.9. The summed E-state index contributed by atoms with van der Waals surface area (Å²) in [6, 6.07) is 9.65. The molecule has 9 nitrogen and oxygen atoms in total. The lowest BCUT2D eigenvalue weighted by molar-refractivity contribution is -0.241. The molecule has 0 aromatic heterocycles. The minimum absolute atomic E-state index is 0.191. The Hall–Kier alpha value is -4.21. The van der Waals surface area contributed by atoms with Crippen LogP contribution in [0.5, 0.6) is 0 Å². The highest BCUT2D eigenvalue weighted by atomic mass is 79.9. The predicted octanol–water partition coefficient (Wildman–Crippen LogP) is 3.52. The summed E-state index contributed by atoms with van der Waals surface area (Å²) in [5.41, 5.74) is -6.26. The summed E-state index contributed by atoms with van der Waals surface area (Å²) in [6.45, 7) is 0. The number of hydrogen-bond acceptors (Lipinski definition) is 8. The number of carbonyl (C=O) groups is 5. The van der Waals surface area contributed by atoms with E-state index >= 15 is 0 Å². The number of nitrogens with zero attached hydrogens (tertiary/aromatic N) is 2. The smallest absolute Gasteiger partial charge is 0.429 e. The Morgan fingerprint density at radius 1 is 0.881 bits per heavy atom. The van der Waals surface area contributed by atoms with Crippen LogP contribution in [-0.4, -0.2) is 63.5 Å². The van der Waals surface area contributed by atoms with Gasteiger partial charge < -0.3 is 9.47 Å². The number of esters is 2. The lowest BCUT2D eigenvalue weighted by Crippen LogP contribution is -2.61. The Morgan fingerprint density at radius 3 is 2.10 bits per heavy atom. The molecule has 42 heavy (non-hydrogen) atoms. The van der Waals surface area contributed by atoms with E-state index in [1.54, 1.807) is 6.07 Å². The van der Waals surface area contributed by atoms with Gasteiger partial charge in [0.25, 0.3) is 11.5 Å². The van der Waals surface area contributed by atoms with E-state index in [1.807, 2.05) is 0 Å². The topological polar surface area (TPSA) is 110 Å². The number of halogens is 7. The van der Waals surface area contributed by atoms with Gasteiger partial charge in [-0.25, -0.2) is 19.6 Å². The van der Waals surface area contributed by atoms with Gasteiger partial charge >= 0.3 is 24.3 Å². The van der Waals surface area contributed by atoms with Crippen molar-refractivity contribution in [3.05, 3.63) is 82.5 Å². The number of hydrazine groups is 1. The summed E-state index contributed by atoms with van der Waals surface area (Å²) < 4.78 is 90.4. The molecule has 0 saturated carbocycles. The lowest BCUT2D eigenvalue weighted by atomic mass is 9.77. The van der Waals surface area contributed by atoms with E-state index in [2.05, 4.69) is 20.7 Å². The molecule has 2 saturated heterocycles. The molecule has 0 spiro atoms. The van der Waals surface area contributed by atoms with Crippen molar-refractivity contribution in [3.8, 4) is 0 Å². The molecule has 3 aliphatic heterocycles. The highest BCUT2D eigenvalue weighted by Gasteiger charge is 2.78. The summed E-state index contributed by atoms with van der Waals surface area (Å²) in [5.74, 6) is -12.0. The molecular formula is C26H15BrF6N2O7. The maximum absolute atomic E-state index is 14.1. The molecule has 0 N–H and O–H groups in total. The Kier molecular flexibility index (Phi) is 6.75. The Balaban J connectivity index is 1.70. The van der Waals surface area contributed by atoms with Crippen molar-refractivity contribution in [1.29, 1.82) is 0 Å². The molecule has 4 unspecified atom stereocenters. The molecule has 2 bridgehead atoms. The average molecular weight is 661 g/mol. The van der Waals surface area contributed by atoms with E-state index in [0.717, 1.165) is 24.4 Å². The summed E-state index contributed by atoms with van der Waals surface area (Å²) in [4.78, 5) is 65.6. The van der Waals surface area contributed by atoms with Crippen LogP contribution < -0.4 is 0 Å². The molecule has 2 aromatic rings. The molecular weight excluding hydrogens is 646 g/mol. The monoisotopic (exact) mass is 660 g/mol. The van der Waals surface area contributed by atoms with E-state index in [-0.39, 0.29) is 5.56 Å². The van der Waals surface area contributed by atoms with Crippen molar-refractivity contribution in [2.24, 2.45) is 5.92 Å². The van der Waals surface area contributed by atoms with Crippen molar-refractivity contribution >= 4 is 45.3 Å². The van der Waals surface area contributed by atoms with Gasteiger partial charge in [0.05, 0.1) is 0 Å². The minimum atomic E-state index is -5.66. The number of ether oxygens (including phenoxy) is 2. The molecule has 2 aromatic carbocycles. The van der Waals surface area contributed by atoms with Gasteiger partial charge in [0.15, 0.2) is 5.78 Å². The second kappa shape index (κ2) is 9.68. The van der Waals surface area contributed by atoms with Gasteiger partial charge in [0.2, 0.25) is 11.5 Å². The quantitative estimate of drug-likeness (QED) is 0.272. The first-order chi connectivity index (χ1) is 19.5. The number of hydrogen-bond donors (Lipinski definition) is 0. The summed E-state index contributed by atoms with van der Waals surface area (Å²) in [5, 5.41) is 1.01. The Labute approximate surface area is 239 Å². The largest absolute Gasteiger partial charge is 0.491 e. The molecule has 1 amide bonds. The van der Waals surface area contributed by atoms with E-state index in [9.17, 15) is 50.3 Å². The van der Waals surface area contributed by atoms with Crippen LogP contribution in [0.2, 0.25) is 0 Å². The highest BCUT2D eigenvalue weighted by Crippen LogP contribution is 2.54. The van der Waals surface area contributed by atoms with Gasteiger partial charge in [-0.2, -0.15) is 26.3 Å². The number of Topliss-reactive ketones (excluding diaryl/α,β-unsaturated/α-hetero) is 1. The zero-order valence-electron chi connectivity index (χ0n) is 20.6. The van der Waals surface area contributed by atoms with E-state index in [0.29, 0.717) is 14.5 Å². The van der Waals surface area contributed by atoms with Gasteiger partial charge in [-0.15, -0.1) is 0 Å². The van der Waals surface area contributed by atoms with Crippen molar-refractivity contribution in [3.63, 3.8) is 0 Å². The van der Waals surface area contributed by atoms with Crippen molar-refractivity contribution in [1.82, 2.24) is 10.0 Å². The standard InChI is InChI=1S/C26H15BrF6N2O7/c27-15-8-4-5-13(11-15)12-23(41-21(39)25(28,29)30)17-16(36)9-10-34(23)35-18(17)19(37)24(20(35)38,14-6-2-1-3-7-14)42-22(40)26(31,32)33/h1-11,17-18H,12H2. The molecule has 16 heteroatoms. The molecule has 4 atom stereocenters. The van der Waals surface area contributed by atoms with Gasteiger partial charge in [0, 0.05) is 22.7 Å². The number of carbonyl (C=O) groups excluding carboxylic acids is 5. The van der Waals surface area contributed by atoms with Crippen LogP contribution >= 0.6 is 15.9 Å². The first kappa shape index (κ1) is 29.3. The van der Waals surface area contributed by atoms with Gasteiger partial charge in [-0.1, -0.05) is 58.4 Å². The number of benzene rings is 2. The fraction of sp³-hybridized carbons (Fsp3) is 0.269. The zero-order valence-corrected chi connectivity index (χ0v) is 22.2. The zero-order chi connectivity index (χ0) is 30.8. The third kappa shape index (κ3) is 4.35. The minimum Gasteiger partial charge on any atom is -0.429 e. The van der Waals surface area contributed by atoms with Crippen LogP contribution in [0.25, 0.3) is 0 Å². The number of allylic oxidation sites excluding steroid dienone is 1. The van der Waals surface area contributed by atoms with Crippen LogP contribution in [0.1, 0.15) is 11.1 Å². The lowest BCUT2D eigenvalue weighted by Gasteiger charge is -2.44. The molecule has 0 radical (unpaired) electrons. The summed E-state index contributed by atoms with van der Waals surface area (Å²) in [7, 11) is 0. The number of alkyl halides is 6. The van der Waals surface area contributed by atoms with Gasteiger partial charge in [0.1, 0.15) is 12.0 Å². The average Bonchev–Trinajstić information content (AvgIpc) is 3.20. The molecule has 3 heterocycles. The van der Waals surface area contributed by atoms with Crippen LogP contribution in [0, 0.1) is 5.92 Å². The van der Waals surface area contributed by atoms with E-state index in [4.69, 9.17) is 4.74 Å². The molecule has 2 fully saturated rings. The maximum atomic E-state index is 14.1. The van der Waals surface area contributed by atoms with Crippen molar-refractivity contribution in [2.75, 3.05) is 0 Å². The SMILES string of the molecule is O=C1C=CN2N3C(=O)C(OC(=O)C(F)(F)F)(c4ccccc4)C(=O)C3C1C2(Cc1cccc(Br)c1)OC(=O)C(F)(F)F. The maximum Gasteiger partial charge on any atom is 0.491 e. The number of rotatable bonds is 5. The summed E-state index contributed by atoms with van der Waals surface area (Å²) >= 11 is 3.19. The first-order valence-corrected chi connectivity index (χ1v) is 12.6. The Morgan fingerprint density at radius 2 is 1.50 bits per heavy atom. The third-order valence-corrected chi connectivity index (χ3v) is 7.49. The second-order valence-corrected chi connectivity index (χ2v) is 10.4. The number of ketones is 2. The predicted molar refractivity (Wildman–Crippen MR) is 128 cm³/mol. The van der Waals surface area contributed by atoms with Gasteiger partial charge in [-0.3, -0.25) is 14.4 Å². The molecule has 5 rings (SSSR count). The first-order valence-electron chi connectivity index (χ1n) is 11.8. The van der Waals surface area contributed by atoms with Gasteiger partial charge in [-0.05, 0) is 23.8 Å². The van der Waals surface area contributed by atoms with E-state index < -0.39 is 77.0 Å². The van der Waals surface area contributed by atoms with Crippen molar-refractivity contribution < 1.29 is 59.8 Å². The summed E-state index contributed by atoms with van der Waals surface area (Å²) in [6.07, 6.45) is -10.3. The Bertz CT molecular complexity index is 1550. The van der Waals surface area contributed by atoms with Crippen LogP contribution in [0.4, 0.5) is 26.3 Å². The van der Waals surface area contributed by atoms with Crippen LogP contribution in [-0.2, 0) is 45.5 Å². The molecule has 220 valence electrons.